The van der Waals surface area contributed by atoms with Gasteiger partial charge >= 0.3 is 5.97 Å². The molecule has 1 heterocycles. The summed E-state index contributed by atoms with van der Waals surface area (Å²) in [5.41, 5.74) is 0.209. The molecule has 2 rings (SSSR count). The molecule has 0 radical (unpaired) electrons. The van der Waals surface area contributed by atoms with E-state index in [1.165, 1.54) is 0 Å². The Labute approximate surface area is 119 Å². The number of carboxylic acid groups (broad SMARTS) is 1. The van der Waals surface area contributed by atoms with Crippen LogP contribution in [0.5, 0.6) is 5.75 Å². The number of carboxylic acids is 1. The predicted octanol–water partition coefficient (Wildman–Crippen LogP) is 1.87. The molecule has 0 spiro atoms. The number of carbonyl (C=O) groups is 1. The van der Waals surface area contributed by atoms with E-state index in [4.69, 9.17) is 14.6 Å². The van der Waals surface area contributed by atoms with E-state index in [1.807, 2.05) is 0 Å². The lowest BCUT2D eigenvalue weighted by Crippen LogP contribution is -2.38. The van der Waals surface area contributed by atoms with Crippen molar-refractivity contribution in [3.8, 4) is 5.75 Å². The highest BCUT2D eigenvalue weighted by Crippen LogP contribution is 2.18. The van der Waals surface area contributed by atoms with Gasteiger partial charge in [0.15, 0.2) is 0 Å². The fraction of sp³-hybridized carbons (Fsp3) is 0.533. The number of likely N-dealkylation sites (N-methyl/N-ethyl adjacent to an activating group) is 1. The van der Waals surface area contributed by atoms with Gasteiger partial charge in [0.05, 0.1) is 0 Å². The summed E-state index contributed by atoms with van der Waals surface area (Å²) in [6.45, 7) is 2.90. The van der Waals surface area contributed by atoms with Crippen LogP contribution in [0, 0.1) is 0 Å². The van der Waals surface area contributed by atoms with Gasteiger partial charge < -0.3 is 14.6 Å². The number of ether oxygens (including phenoxy) is 2. The van der Waals surface area contributed by atoms with Crippen molar-refractivity contribution in [2.24, 2.45) is 0 Å². The Morgan fingerprint density at radius 3 is 2.80 bits per heavy atom. The van der Waals surface area contributed by atoms with E-state index in [-0.39, 0.29) is 5.56 Å². The minimum atomic E-state index is -0.960. The van der Waals surface area contributed by atoms with Crippen LogP contribution in [0.25, 0.3) is 0 Å². The largest absolute Gasteiger partial charge is 0.491 e. The number of para-hydroxylation sites is 1. The van der Waals surface area contributed by atoms with Crippen molar-refractivity contribution in [2.75, 3.05) is 33.4 Å². The first-order valence-corrected chi connectivity index (χ1v) is 6.91. The Morgan fingerprint density at radius 2 is 2.10 bits per heavy atom. The first-order chi connectivity index (χ1) is 9.68. The maximum Gasteiger partial charge on any atom is 0.339 e. The number of aromatic carboxylic acids is 1. The lowest BCUT2D eigenvalue weighted by molar-refractivity contribution is 0.0391. The summed E-state index contributed by atoms with van der Waals surface area (Å²) in [7, 11) is 2.07. The number of hydrogen-bond donors (Lipinski definition) is 1. The van der Waals surface area contributed by atoms with Gasteiger partial charge in [0.1, 0.15) is 17.9 Å². The van der Waals surface area contributed by atoms with E-state index >= 15 is 0 Å². The zero-order valence-corrected chi connectivity index (χ0v) is 11.7. The van der Waals surface area contributed by atoms with Crippen LogP contribution in [0.3, 0.4) is 0 Å². The molecule has 0 amide bonds. The minimum Gasteiger partial charge on any atom is -0.491 e. The highest BCUT2D eigenvalue weighted by atomic mass is 16.5. The third-order valence-electron chi connectivity index (χ3n) is 3.63. The molecule has 0 bridgehead atoms. The monoisotopic (exact) mass is 279 g/mol. The average Bonchev–Trinajstić information content (AvgIpc) is 2.48. The third kappa shape index (κ3) is 3.95. The van der Waals surface area contributed by atoms with Gasteiger partial charge in [-0.15, -0.1) is 0 Å². The van der Waals surface area contributed by atoms with Gasteiger partial charge in [0.2, 0.25) is 0 Å². The van der Waals surface area contributed by atoms with E-state index in [2.05, 4.69) is 11.9 Å². The fourth-order valence-corrected chi connectivity index (χ4v) is 2.38. The highest BCUT2D eigenvalue weighted by Gasteiger charge is 2.18. The Bertz CT molecular complexity index is 443. The van der Waals surface area contributed by atoms with E-state index in [1.54, 1.807) is 24.3 Å². The molecule has 110 valence electrons. The van der Waals surface area contributed by atoms with Crippen LogP contribution in [0.4, 0.5) is 0 Å². The molecule has 1 aliphatic rings. The van der Waals surface area contributed by atoms with Crippen molar-refractivity contribution >= 4 is 5.97 Å². The number of nitrogens with zero attached hydrogens (tertiary/aromatic N) is 1. The van der Waals surface area contributed by atoms with Crippen molar-refractivity contribution < 1.29 is 19.4 Å². The molecular weight excluding hydrogens is 258 g/mol. The first-order valence-electron chi connectivity index (χ1n) is 6.91. The maximum absolute atomic E-state index is 11.1. The Kier molecular flexibility index (Phi) is 5.38. The minimum absolute atomic E-state index is 0.209. The summed E-state index contributed by atoms with van der Waals surface area (Å²) < 4.78 is 10.9. The molecule has 1 aromatic rings. The summed E-state index contributed by atoms with van der Waals surface area (Å²) >= 11 is 0. The number of hydrogen-bond acceptors (Lipinski definition) is 4. The predicted molar refractivity (Wildman–Crippen MR) is 75.4 cm³/mol. The van der Waals surface area contributed by atoms with Crippen LogP contribution in [-0.2, 0) is 4.74 Å². The topological polar surface area (TPSA) is 59.0 Å². The normalized spacial score (nSPS) is 16.3. The molecule has 1 N–H and O–H groups in total. The summed E-state index contributed by atoms with van der Waals surface area (Å²) in [5, 5.41) is 9.07. The molecular formula is C15H21NO4. The smallest absolute Gasteiger partial charge is 0.339 e. The maximum atomic E-state index is 11.1. The van der Waals surface area contributed by atoms with Gasteiger partial charge in [-0.25, -0.2) is 4.79 Å². The quantitative estimate of drug-likeness (QED) is 0.861. The van der Waals surface area contributed by atoms with Gasteiger partial charge in [0, 0.05) is 25.8 Å². The molecule has 0 saturated carbocycles. The first kappa shape index (κ1) is 14.8. The Balaban J connectivity index is 1.82. The molecule has 0 atom stereocenters. The molecule has 0 unspecified atom stereocenters. The molecule has 0 aromatic heterocycles. The van der Waals surface area contributed by atoms with Crippen molar-refractivity contribution in [2.45, 2.75) is 18.9 Å². The average molecular weight is 279 g/mol. The fourth-order valence-electron chi connectivity index (χ4n) is 2.38. The molecule has 5 heteroatoms. The lowest BCUT2D eigenvalue weighted by Gasteiger charge is -2.31. The van der Waals surface area contributed by atoms with Crippen LogP contribution in [0.1, 0.15) is 23.2 Å². The Morgan fingerprint density at radius 1 is 1.40 bits per heavy atom. The lowest BCUT2D eigenvalue weighted by atomic mass is 10.1. The summed E-state index contributed by atoms with van der Waals surface area (Å²) in [5.74, 6) is -0.529. The third-order valence-corrected chi connectivity index (χ3v) is 3.63. The van der Waals surface area contributed by atoms with Crippen molar-refractivity contribution in [3.05, 3.63) is 29.8 Å². The molecule has 1 saturated heterocycles. The van der Waals surface area contributed by atoms with Crippen LogP contribution in [-0.4, -0.2) is 55.4 Å². The van der Waals surface area contributed by atoms with Crippen LogP contribution < -0.4 is 4.74 Å². The van der Waals surface area contributed by atoms with Gasteiger partial charge in [0.25, 0.3) is 0 Å². The second-order valence-corrected chi connectivity index (χ2v) is 4.97. The van der Waals surface area contributed by atoms with Crippen LogP contribution in [0.15, 0.2) is 24.3 Å². The van der Waals surface area contributed by atoms with Gasteiger partial charge in [-0.05, 0) is 32.0 Å². The van der Waals surface area contributed by atoms with Gasteiger partial charge in [-0.2, -0.15) is 0 Å². The molecule has 1 aromatic carbocycles. The van der Waals surface area contributed by atoms with Crippen molar-refractivity contribution in [3.63, 3.8) is 0 Å². The molecule has 5 nitrogen and oxygen atoms in total. The summed E-state index contributed by atoms with van der Waals surface area (Å²) in [6, 6.07) is 7.26. The van der Waals surface area contributed by atoms with Crippen molar-refractivity contribution in [1.29, 1.82) is 0 Å². The highest BCUT2D eigenvalue weighted by molar-refractivity contribution is 5.90. The Hall–Kier alpha value is -1.59. The van der Waals surface area contributed by atoms with E-state index in [0.29, 0.717) is 18.4 Å². The van der Waals surface area contributed by atoms with E-state index < -0.39 is 5.97 Å². The van der Waals surface area contributed by atoms with Crippen LogP contribution in [0.2, 0.25) is 0 Å². The van der Waals surface area contributed by atoms with Gasteiger partial charge in [-0.3, -0.25) is 4.90 Å². The second-order valence-electron chi connectivity index (χ2n) is 4.97. The van der Waals surface area contributed by atoms with Crippen LogP contribution >= 0.6 is 0 Å². The van der Waals surface area contributed by atoms with E-state index in [0.717, 1.165) is 32.6 Å². The number of rotatable bonds is 6. The molecule has 20 heavy (non-hydrogen) atoms. The zero-order chi connectivity index (χ0) is 14.4. The molecule has 0 aliphatic carbocycles. The molecule has 1 aliphatic heterocycles. The van der Waals surface area contributed by atoms with E-state index in [9.17, 15) is 4.79 Å². The zero-order valence-electron chi connectivity index (χ0n) is 11.7. The summed E-state index contributed by atoms with van der Waals surface area (Å²) in [6.07, 6.45) is 2.09. The SMILES string of the molecule is CN(CCOc1ccccc1C(=O)O)C1CCOCC1. The van der Waals surface area contributed by atoms with Gasteiger partial charge in [-0.1, -0.05) is 12.1 Å². The second kappa shape index (κ2) is 7.26. The number of benzene rings is 1. The molecule has 1 fully saturated rings. The van der Waals surface area contributed by atoms with Crippen molar-refractivity contribution in [1.82, 2.24) is 4.90 Å². The standard InChI is InChI=1S/C15H21NO4/c1-16(12-6-9-19-10-7-12)8-11-20-14-5-3-2-4-13(14)15(17)18/h2-5,12H,6-11H2,1H3,(H,17,18). The summed E-state index contributed by atoms with van der Waals surface area (Å²) in [4.78, 5) is 13.3.